The van der Waals surface area contributed by atoms with Crippen molar-refractivity contribution in [1.29, 1.82) is 5.26 Å². The fraction of sp³-hybridized carbons (Fsp3) is 0.345. The van der Waals surface area contributed by atoms with Crippen LogP contribution in [-0.4, -0.2) is 19.7 Å². The van der Waals surface area contributed by atoms with Gasteiger partial charge in [0.05, 0.1) is 28.0 Å². The molecule has 1 N–H and O–H groups in total. The Labute approximate surface area is 199 Å². The highest BCUT2D eigenvalue weighted by Crippen LogP contribution is 2.61. The zero-order chi connectivity index (χ0) is 22.7. The van der Waals surface area contributed by atoms with Crippen molar-refractivity contribution < 1.29 is 0 Å². The number of benzene rings is 2. The molecular weight excluding hydrogens is 418 g/mol. The monoisotopic (exact) mass is 445 g/mol. The predicted octanol–water partition coefficient (Wildman–Crippen LogP) is 6.28. The van der Waals surface area contributed by atoms with Gasteiger partial charge in [-0.2, -0.15) is 10.4 Å². The maximum absolute atomic E-state index is 10.1. The first kappa shape index (κ1) is 19.8. The second kappa shape index (κ2) is 7.43. The smallest absolute Gasteiger partial charge is 0.149 e. The van der Waals surface area contributed by atoms with Crippen LogP contribution in [0.5, 0.6) is 0 Å². The van der Waals surface area contributed by atoms with Gasteiger partial charge >= 0.3 is 0 Å². The molecule has 0 radical (unpaired) electrons. The number of nitrogens with zero attached hydrogens (tertiary/aromatic N) is 4. The molecule has 2 aromatic heterocycles. The number of para-hydroxylation sites is 3. The largest absolute Gasteiger partial charge is 0.337 e. The van der Waals surface area contributed by atoms with Crippen molar-refractivity contribution >= 4 is 22.7 Å². The van der Waals surface area contributed by atoms with Crippen LogP contribution in [0, 0.1) is 29.1 Å². The van der Waals surface area contributed by atoms with Gasteiger partial charge in [-0.1, -0.05) is 30.3 Å². The summed E-state index contributed by atoms with van der Waals surface area (Å²) in [5.41, 5.74) is 5.79. The molecule has 34 heavy (non-hydrogen) atoms. The van der Waals surface area contributed by atoms with Crippen molar-refractivity contribution in [3.8, 4) is 11.8 Å². The Kier molecular flexibility index (Phi) is 4.32. The minimum atomic E-state index is 0.134. The van der Waals surface area contributed by atoms with Crippen LogP contribution in [-0.2, 0) is 5.41 Å². The average Bonchev–Trinajstić information content (AvgIpc) is 3.47. The van der Waals surface area contributed by atoms with Crippen molar-refractivity contribution in [3.05, 3.63) is 77.9 Å². The number of nitrogens with one attached hydrogen (secondary N) is 1. The molecule has 0 amide bonds. The van der Waals surface area contributed by atoms with Crippen LogP contribution in [0.3, 0.4) is 0 Å². The lowest BCUT2D eigenvalue weighted by atomic mass is 9.48. The number of fused-ring (bicyclic) bond motifs is 1. The van der Waals surface area contributed by atoms with Crippen molar-refractivity contribution in [1.82, 2.24) is 19.7 Å². The van der Waals surface area contributed by atoms with Crippen molar-refractivity contribution in [2.45, 2.75) is 43.9 Å². The van der Waals surface area contributed by atoms with Crippen LogP contribution < -0.4 is 0 Å². The summed E-state index contributed by atoms with van der Waals surface area (Å²) in [5, 5.41) is 15.3. The summed E-state index contributed by atoms with van der Waals surface area (Å²) in [6, 6.07) is 20.6. The molecule has 4 aromatic rings. The van der Waals surface area contributed by atoms with E-state index in [-0.39, 0.29) is 5.41 Å². The van der Waals surface area contributed by atoms with E-state index < -0.39 is 0 Å². The number of aromatic nitrogens is 4. The summed E-state index contributed by atoms with van der Waals surface area (Å²) in [5.74, 6) is 3.11. The Bertz CT molecular complexity index is 1380. The van der Waals surface area contributed by atoms with Crippen LogP contribution in [0.15, 0.2) is 60.8 Å². The SMILES string of the molecule is N#C/C(=C\c1cn(-c2ccccc2)nc1C12CC3CC(CC(C3)C1)C2)c1nc2ccccc2[nH]1. The minimum absolute atomic E-state index is 0.134. The van der Waals surface area contributed by atoms with E-state index in [4.69, 9.17) is 10.1 Å². The quantitative estimate of drug-likeness (QED) is 0.376. The summed E-state index contributed by atoms with van der Waals surface area (Å²) in [6.45, 7) is 0. The maximum Gasteiger partial charge on any atom is 0.149 e. The molecule has 0 unspecified atom stereocenters. The van der Waals surface area contributed by atoms with Crippen LogP contribution >= 0.6 is 0 Å². The first-order valence-electron chi connectivity index (χ1n) is 12.4. The van der Waals surface area contributed by atoms with E-state index in [9.17, 15) is 5.26 Å². The van der Waals surface area contributed by atoms with Gasteiger partial charge in [-0.25, -0.2) is 9.67 Å². The fourth-order valence-corrected chi connectivity index (χ4v) is 7.41. The third-order valence-electron chi connectivity index (χ3n) is 8.37. The van der Waals surface area contributed by atoms with Crippen LogP contribution in [0.4, 0.5) is 0 Å². The maximum atomic E-state index is 10.1. The van der Waals surface area contributed by atoms with Gasteiger partial charge in [-0.3, -0.25) is 0 Å². The molecule has 8 rings (SSSR count). The normalized spacial score (nSPS) is 27.9. The fourth-order valence-electron chi connectivity index (χ4n) is 7.41. The van der Waals surface area contributed by atoms with Gasteiger partial charge in [0.15, 0.2) is 0 Å². The Balaban J connectivity index is 1.38. The number of hydrogen-bond acceptors (Lipinski definition) is 3. The van der Waals surface area contributed by atoms with Crippen LogP contribution in [0.2, 0.25) is 0 Å². The van der Waals surface area contributed by atoms with Gasteiger partial charge < -0.3 is 4.98 Å². The highest BCUT2D eigenvalue weighted by molar-refractivity contribution is 5.90. The molecule has 2 heterocycles. The average molecular weight is 446 g/mol. The topological polar surface area (TPSA) is 70.3 Å². The van der Waals surface area contributed by atoms with Gasteiger partial charge in [0.25, 0.3) is 0 Å². The summed E-state index contributed by atoms with van der Waals surface area (Å²) in [6.07, 6.45) is 12.0. The second-order valence-corrected chi connectivity index (χ2v) is 10.7. The molecule has 168 valence electrons. The van der Waals surface area contributed by atoms with E-state index in [1.165, 1.54) is 44.2 Å². The predicted molar refractivity (Wildman–Crippen MR) is 133 cm³/mol. The van der Waals surface area contributed by atoms with Gasteiger partial charge in [-0.15, -0.1) is 0 Å². The lowest BCUT2D eigenvalue weighted by Crippen LogP contribution is -2.49. The number of imidazole rings is 1. The van der Waals surface area contributed by atoms with Crippen LogP contribution in [0.1, 0.15) is 55.6 Å². The highest BCUT2D eigenvalue weighted by Gasteiger charge is 2.53. The molecule has 4 fully saturated rings. The molecule has 2 aromatic carbocycles. The van der Waals surface area contributed by atoms with E-state index in [1.54, 1.807) is 0 Å². The van der Waals surface area contributed by atoms with Crippen LogP contribution in [0.25, 0.3) is 28.4 Å². The lowest BCUT2D eigenvalue weighted by Gasteiger charge is -2.56. The van der Waals surface area contributed by atoms with Crippen molar-refractivity contribution in [2.24, 2.45) is 17.8 Å². The summed E-state index contributed by atoms with van der Waals surface area (Å²) >= 11 is 0. The molecule has 0 atom stereocenters. The Morgan fingerprint density at radius 1 is 0.971 bits per heavy atom. The van der Waals surface area contributed by atoms with Gasteiger partial charge in [0.1, 0.15) is 11.9 Å². The molecule has 0 saturated heterocycles. The van der Waals surface area contributed by atoms with Gasteiger partial charge in [-0.05, 0) is 86.6 Å². The Morgan fingerprint density at radius 3 is 2.32 bits per heavy atom. The standard InChI is InChI=1S/C29H27N5/c30-17-22(28-31-25-8-4-5-9-26(25)32-28)13-23-18-34(24-6-2-1-3-7-24)33-27(23)29-14-19-10-20(15-29)12-21(11-19)16-29/h1-9,13,18-21H,10-12,14-16H2,(H,31,32)/b22-13+. The number of allylic oxidation sites excluding steroid dienone is 1. The number of aromatic amines is 1. The second-order valence-electron chi connectivity index (χ2n) is 10.7. The van der Waals surface area contributed by atoms with E-state index in [1.807, 2.05) is 53.2 Å². The molecule has 4 aliphatic carbocycles. The van der Waals surface area contributed by atoms with E-state index in [0.29, 0.717) is 11.4 Å². The van der Waals surface area contributed by atoms with Crippen molar-refractivity contribution in [3.63, 3.8) is 0 Å². The highest BCUT2D eigenvalue weighted by atomic mass is 15.3. The number of H-pyrrole nitrogens is 1. The number of rotatable bonds is 4. The van der Waals surface area contributed by atoms with Gasteiger partial charge in [0, 0.05) is 17.2 Å². The summed E-state index contributed by atoms with van der Waals surface area (Å²) in [4.78, 5) is 8.02. The number of nitriles is 1. The lowest BCUT2D eigenvalue weighted by molar-refractivity contribution is -0.00742. The first-order chi connectivity index (χ1) is 16.7. The van der Waals surface area contributed by atoms with E-state index in [0.717, 1.165) is 40.0 Å². The Hall–Kier alpha value is -3.65. The molecule has 0 aliphatic heterocycles. The Morgan fingerprint density at radius 2 is 1.65 bits per heavy atom. The molecule has 4 aliphatic rings. The summed E-state index contributed by atoms with van der Waals surface area (Å²) < 4.78 is 2.01. The zero-order valence-electron chi connectivity index (χ0n) is 19.1. The van der Waals surface area contributed by atoms with Gasteiger partial charge in [0.2, 0.25) is 0 Å². The summed E-state index contributed by atoms with van der Waals surface area (Å²) in [7, 11) is 0. The molecule has 5 nitrogen and oxygen atoms in total. The first-order valence-corrected chi connectivity index (χ1v) is 12.4. The van der Waals surface area contributed by atoms with E-state index >= 15 is 0 Å². The minimum Gasteiger partial charge on any atom is -0.337 e. The third kappa shape index (κ3) is 3.13. The molecule has 5 heteroatoms. The third-order valence-corrected chi connectivity index (χ3v) is 8.37. The van der Waals surface area contributed by atoms with Crippen molar-refractivity contribution in [2.75, 3.05) is 0 Å². The van der Waals surface area contributed by atoms with E-state index in [2.05, 4.69) is 29.4 Å². The molecule has 0 spiro atoms. The number of hydrogen-bond donors (Lipinski definition) is 1. The zero-order valence-corrected chi connectivity index (χ0v) is 19.1. The molecular formula is C29H27N5. The molecule has 4 bridgehead atoms. The molecule has 4 saturated carbocycles.